The Hall–Kier alpha value is -2.89. The molecule has 150 valence electrons. The SMILES string of the molecule is CN=C(NCCCc1cccc(F)c1)NCCc1cccc(C(=O)N(C)C)c1. The van der Waals surface area contributed by atoms with Gasteiger partial charge in [-0.25, -0.2) is 4.39 Å². The van der Waals surface area contributed by atoms with Crippen LogP contribution < -0.4 is 10.6 Å². The largest absolute Gasteiger partial charge is 0.356 e. The van der Waals surface area contributed by atoms with Crippen LogP contribution in [0.5, 0.6) is 0 Å². The van der Waals surface area contributed by atoms with Gasteiger partial charge in [0.1, 0.15) is 5.82 Å². The topological polar surface area (TPSA) is 56.7 Å². The average molecular weight is 384 g/mol. The summed E-state index contributed by atoms with van der Waals surface area (Å²) in [6.07, 6.45) is 2.49. The lowest BCUT2D eigenvalue weighted by atomic mass is 10.1. The Morgan fingerprint density at radius 2 is 1.68 bits per heavy atom. The van der Waals surface area contributed by atoms with Crippen molar-refractivity contribution in [2.45, 2.75) is 19.3 Å². The number of guanidine groups is 1. The lowest BCUT2D eigenvalue weighted by Gasteiger charge is -2.13. The molecule has 0 radical (unpaired) electrons. The molecule has 2 aromatic carbocycles. The summed E-state index contributed by atoms with van der Waals surface area (Å²) in [5, 5.41) is 6.55. The van der Waals surface area contributed by atoms with Gasteiger partial charge in [0.25, 0.3) is 5.91 Å². The molecule has 0 aliphatic heterocycles. The third-order valence-corrected chi connectivity index (χ3v) is 4.33. The Morgan fingerprint density at radius 3 is 2.36 bits per heavy atom. The molecule has 0 fully saturated rings. The summed E-state index contributed by atoms with van der Waals surface area (Å²) >= 11 is 0. The number of aryl methyl sites for hydroxylation is 1. The van der Waals surface area contributed by atoms with E-state index in [-0.39, 0.29) is 11.7 Å². The van der Waals surface area contributed by atoms with Gasteiger partial charge < -0.3 is 15.5 Å². The van der Waals surface area contributed by atoms with E-state index in [1.807, 2.05) is 30.3 Å². The number of rotatable bonds is 8. The number of carbonyl (C=O) groups excluding carboxylic acids is 1. The zero-order valence-corrected chi connectivity index (χ0v) is 16.8. The molecule has 0 aliphatic carbocycles. The fourth-order valence-corrected chi connectivity index (χ4v) is 2.86. The van der Waals surface area contributed by atoms with Gasteiger partial charge in [-0.2, -0.15) is 0 Å². The number of hydrogen-bond donors (Lipinski definition) is 2. The predicted molar refractivity (Wildman–Crippen MR) is 112 cm³/mol. The third-order valence-electron chi connectivity index (χ3n) is 4.33. The summed E-state index contributed by atoms with van der Waals surface area (Å²) in [6.45, 7) is 1.46. The first-order valence-corrected chi connectivity index (χ1v) is 9.49. The highest BCUT2D eigenvalue weighted by molar-refractivity contribution is 5.94. The second-order valence-corrected chi connectivity index (χ2v) is 6.81. The van der Waals surface area contributed by atoms with Crippen LogP contribution in [0, 0.1) is 5.82 Å². The van der Waals surface area contributed by atoms with Crippen LogP contribution in [0.15, 0.2) is 53.5 Å². The van der Waals surface area contributed by atoms with Crippen molar-refractivity contribution in [3.05, 3.63) is 71.0 Å². The first-order valence-electron chi connectivity index (χ1n) is 9.49. The van der Waals surface area contributed by atoms with Crippen molar-refractivity contribution in [1.82, 2.24) is 15.5 Å². The number of benzene rings is 2. The zero-order chi connectivity index (χ0) is 20.4. The molecule has 0 spiro atoms. The average Bonchev–Trinajstić information content (AvgIpc) is 2.69. The summed E-state index contributed by atoms with van der Waals surface area (Å²) in [5.41, 5.74) is 2.79. The summed E-state index contributed by atoms with van der Waals surface area (Å²) in [6, 6.07) is 14.4. The van der Waals surface area contributed by atoms with Crippen LogP contribution in [0.4, 0.5) is 4.39 Å². The Morgan fingerprint density at radius 1 is 1.00 bits per heavy atom. The molecule has 0 bridgehead atoms. The lowest BCUT2D eigenvalue weighted by molar-refractivity contribution is 0.0827. The Balaban J connectivity index is 1.72. The van der Waals surface area contributed by atoms with E-state index >= 15 is 0 Å². The van der Waals surface area contributed by atoms with E-state index in [1.54, 1.807) is 38.2 Å². The molecule has 0 unspecified atom stereocenters. The monoisotopic (exact) mass is 384 g/mol. The molecule has 2 aromatic rings. The van der Waals surface area contributed by atoms with Crippen molar-refractivity contribution in [1.29, 1.82) is 0 Å². The van der Waals surface area contributed by atoms with Gasteiger partial charge in [0, 0.05) is 39.8 Å². The summed E-state index contributed by atoms with van der Waals surface area (Å²) < 4.78 is 13.2. The minimum absolute atomic E-state index is 0.00517. The maximum absolute atomic E-state index is 13.2. The Kier molecular flexibility index (Phi) is 8.46. The van der Waals surface area contributed by atoms with Crippen LogP contribution in [-0.2, 0) is 12.8 Å². The number of nitrogens with zero attached hydrogens (tertiary/aromatic N) is 2. The molecule has 0 saturated carbocycles. The maximum Gasteiger partial charge on any atom is 0.253 e. The van der Waals surface area contributed by atoms with Crippen LogP contribution in [0.2, 0.25) is 0 Å². The van der Waals surface area contributed by atoms with Gasteiger partial charge in [0.2, 0.25) is 0 Å². The highest BCUT2D eigenvalue weighted by Crippen LogP contribution is 2.08. The van der Waals surface area contributed by atoms with E-state index in [2.05, 4.69) is 15.6 Å². The Labute approximate surface area is 166 Å². The number of nitrogens with one attached hydrogen (secondary N) is 2. The van der Waals surface area contributed by atoms with Gasteiger partial charge in [-0.1, -0.05) is 24.3 Å². The first-order chi connectivity index (χ1) is 13.5. The van der Waals surface area contributed by atoms with Crippen molar-refractivity contribution < 1.29 is 9.18 Å². The number of aliphatic imine (C=N–C) groups is 1. The van der Waals surface area contributed by atoms with Crippen molar-refractivity contribution in [2.75, 3.05) is 34.2 Å². The van der Waals surface area contributed by atoms with Gasteiger partial charge >= 0.3 is 0 Å². The number of hydrogen-bond acceptors (Lipinski definition) is 2. The van der Waals surface area contributed by atoms with Gasteiger partial charge in [-0.05, 0) is 54.7 Å². The van der Waals surface area contributed by atoms with Crippen LogP contribution >= 0.6 is 0 Å². The Bertz CT molecular complexity index is 805. The van der Waals surface area contributed by atoms with E-state index in [0.29, 0.717) is 12.1 Å². The van der Waals surface area contributed by atoms with E-state index in [9.17, 15) is 9.18 Å². The number of halogens is 1. The minimum atomic E-state index is -0.195. The third kappa shape index (κ3) is 7.02. The van der Waals surface area contributed by atoms with Gasteiger partial charge in [-0.15, -0.1) is 0 Å². The fraction of sp³-hybridized carbons (Fsp3) is 0.364. The van der Waals surface area contributed by atoms with Crippen LogP contribution in [0.1, 0.15) is 27.9 Å². The summed E-state index contributed by atoms with van der Waals surface area (Å²) in [4.78, 5) is 17.9. The molecule has 0 saturated heterocycles. The van der Waals surface area contributed by atoms with Crippen molar-refractivity contribution in [3.63, 3.8) is 0 Å². The van der Waals surface area contributed by atoms with E-state index in [1.165, 1.54) is 6.07 Å². The molecule has 0 aliphatic rings. The highest BCUT2D eigenvalue weighted by atomic mass is 19.1. The molecule has 2 N–H and O–H groups in total. The molecule has 5 nitrogen and oxygen atoms in total. The smallest absolute Gasteiger partial charge is 0.253 e. The van der Waals surface area contributed by atoms with Crippen molar-refractivity contribution in [3.8, 4) is 0 Å². The predicted octanol–water partition coefficient (Wildman–Crippen LogP) is 2.87. The number of carbonyl (C=O) groups is 1. The highest BCUT2D eigenvalue weighted by Gasteiger charge is 2.08. The van der Waals surface area contributed by atoms with Crippen LogP contribution in [-0.4, -0.2) is 51.0 Å². The molecule has 1 amide bonds. The van der Waals surface area contributed by atoms with E-state index in [0.717, 1.165) is 42.9 Å². The molecule has 6 heteroatoms. The summed E-state index contributed by atoms with van der Waals surface area (Å²) in [7, 11) is 5.24. The second-order valence-electron chi connectivity index (χ2n) is 6.81. The van der Waals surface area contributed by atoms with Crippen LogP contribution in [0.25, 0.3) is 0 Å². The van der Waals surface area contributed by atoms with Crippen molar-refractivity contribution >= 4 is 11.9 Å². The van der Waals surface area contributed by atoms with E-state index in [4.69, 9.17) is 0 Å². The summed E-state index contributed by atoms with van der Waals surface area (Å²) in [5.74, 6) is 0.546. The second kappa shape index (κ2) is 11.1. The zero-order valence-electron chi connectivity index (χ0n) is 16.8. The standard InChI is InChI=1S/C22H29FN4O/c1-24-22(25-13-6-9-17-8-5-11-20(23)16-17)26-14-12-18-7-4-10-19(15-18)21(28)27(2)3/h4-5,7-8,10-11,15-16H,6,9,12-14H2,1-3H3,(H2,24,25,26). The molecule has 28 heavy (non-hydrogen) atoms. The van der Waals surface area contributed by atoms with Gasteiger partial charge in [0.15, 0.2) is 5.96 Å². The quantitative estimate of drug-likeness (QED) is 0.418. The molecule has 0 atom stereocenters. The molecular formula is C22H29FN4O. The van der Waals surface area contributed by atoms with Crippen molar-refractivity contribution in [2.24, 2.45) is 4.99 Å². The number of amides is 1. The molecular weight excluding hydrogens is 355 g/mol. The normalized spacial score (nSPS) is 11.2. The first kappa shape index (κ1) is 21.4. The lowest BCUT2D eigenvalue weighted by Crippen LogP contribution is -2.38. The fourth-order valence-electron chi connectivity index (χ4n) is 2.86. The van der Waals surface area contributed by atoms with Gasteiger partial charge in [-0.3, -0.25) is 9.79 Å². The van der Waals surface area contributed by atoms with Gasteiger partial charge in [0.05, 0.1) is 0 Å². The van der Waals surface area contributed by atoms with E-state index < -0.39 is 0 Å². The molecule has 2 rings (SSSR count). The molecule has 0 heterocycles. The minimum Gasteiger partial charge on any atom is -0.356 e. The molecule has 0 aromatic heterocycles. The maximum atomic E-state index is 13.2. The van der Waals surface area contributed by atoms with Crippen LogP contribution in [0.3, 0.4) is 0 Å².